The van der Waals surface area contributed by atoms with Crippen molar-refractivity contribution >= 4 is 0 Å². The van der Waals surface area contributed by atoms with Crippen LogP contribution in [0.1, 0.15) is 0 Å². The molecule has 0 amide bonds. The van der Waals surface area contributed by atoms with Gasteiger partial charge in [0.1, 0.15) is 0 Å². The Morgan fingerprint density at radius 3 is 1.25 bits per heavy atom. The number of hydrogen-bond donors (Lipinski definition) is 0. The zero-order valence-electron chi connectivity index (χ0n) is 1.69. The normalized spacial score (nSPS) is 1.75. The summed E-state index contributed by atoms with van der Waals surface area (Å²) >= 11 is 0.528. The van der Waals surface area contributed by atoms with Gasteiger partial charge in [-0.25, -0.2) is 0 Å². The van der Waals surface area contributed by atoms with Crippen LogP contribution in [0.4, 0.5) is 0 Å². The maximum absolute atomic E-state index is 8.39. The Kier molecular flexibility index (Phi) is 43.0. The van der Waals surface area contributed by atoms with Crippen LogP contribution in [0.15, 0.2) is 0 Å². The van der Waals surface area contributed by atoms with Crippen LogP contribution >= 0.6 is 0 Å². The van der Waals surface area contributed by atoms with E-state index in [0.29, 0.717) is 47.2 Å². The third-order valence-electron chi connectivity index (χ3n) is 0. The minimum atomic E-state index is 0.0556. The molecule has 0 saturated heterocycles. The van der Waals surface area contributed by atoms with E-state index in [1.165, 1.54) is 0 Å². The minimum absolute atomic E-state index is 0.0556. The summed E-state index contributed by atoms with van der Waals surface area (Å²) in [6.45, 7) is 0. The fourth-order valence-electron chi connectivity index (χ4n) is 0. The van der Waals surface area contributed by atoms with Crippen molar-refractivity contribution in [2.75, 3.05) is 0 Å². The Balaban J connectivity index is 0. The van der Waals surface area contributed by atoms with Crippen LogP contribution in [0.25, 0.3) is 0 Å². The van der Waals surface area contributed by atoms with E-state index >= 15 is 0 Å². The van der Waals surface area contributed by atoms with Crippen molar-refractivity contribution in [3.05, 3.63) is 0 Å². The fraction of sp³-hybridized carbons (Fsp3) is 0. The van der Waals surface area contributed by atoms with Crippen molar-refractivity contribution in [3.8, 4) is 0 Å². The fourth-order valence-corrected chi connectivity index (χ4v) is 0. The molecule has 0 aromatic rings. The van der Waals surface area contributed by atoms with Crippen molar-refractivity contribution in [2.24, 2.45) is 0 Å². The quantitative estimate of drug-likeness (QED) is 0.617. The van der Waals surface area contributed by atoms with Gasteiger partial charge in [-0.2, -0.15) is 0 Å². The molecule has 0 spiro atoms. The molecule has 23 valence electrons. The van der Waals surface area contributed by atoms with Gasteiger partial charge in [0.05, 0.1) is 0 Å². The zero-order chi connectivity index (χ0) is 4.00. The van der Waals surface area contributed by atoms with Crippen LogP contribution < -0.4 is 0 Å². The first kappa shape index (κ1) is 9.75. The van der Waals surface area contributed by atoms with Crippen molar-refractivity contribution in [1.29, 1.82) is 0 Å². The monoisotopic (exact) mass is 325 g/mol. The van der Waals surface area contributed by atoms with Gasteiger partial charge in [-0.15, -0.1) is 0 Å². The molecule has 0 aliphatic carbocycles. The van der Waals surface area contributed by atoms with Crippen LogP contribution in [0.5, 0.6) is 0 Å². The van der Waals surface area contributed by atoms with E-state index in [0.717, 1.165) is 0 Å². The molecule has 0 aromatic heterocycles. The molecular formula is CeEuO2. The van der Waals surface area contributed by atoms with Crippen LogP contribution in [-0.4, -0.2) is 0 Å². The van der Waals surface area contributed by atoms with Crippen LogP contribution in [0, 0.1) is 87.0 Å². The molecule has 0 unspecified atom stereocenters. The van der Waals surface area contributed by atoms with E-state index in [2.05, 4.69) is 0 Å². The second-order valence-corrected chi connectivity index (χ2v) is 0. The van der Waals surface area contributed by atoms with Gasteiger partial charge in [-0.05, 0) is 0 Å². The molecule has 0 radical (unpaired) electrons. The molecule has 0 saturated carbocycles. The molecule has 4 heavy (non-hydrogen) atoms. The molecule has 2 nitrogen and oxygen atoms in total. The topological polar surface area (TPSA) is 34.1 Å². The summed E-state index contributed by atoms with van der Waals surface area (Å²) in [5.74, 6) is 0. The van der Waals surface area contributed by atoms with Crippen molar-refractivity contribution in [2.45, 2.75) is 0 Å². The first-order valence-corrected chi connectivity index (χ1v) is 2.63. The molecule has 0 aliphatic heterocycles. The van der Waals surface area contributed by atoms with Gasteiger partial charge in [0.15, 0.2) is 0 Å². The van der Waals surface area contributed by atoms with Crippen LogP contribution in [0.3, 0.4) is 0 Å². The van der Waals surface area contributed by atoms with E-state index < -0.39 is 0 Å². The Morgan fingerprint density at radius 2 is 1.25 bits per heavy atom. The average Bonchev–Trinajstić information content (AvgIpc) is 1.50. The molecule has 0 heterocycles. The summed E-state index contributed by atoms with van der Waals surface area (Å²) in [6, 6.07) is 0. The molecule has 0 aromatic carbocycles. The average molecular weight is 324 g/mol. The van der Waals surface area contributed by atoms with Gasteiger partial charge in [-0.1, -0.05) is 0 Å². The first-order chi connectivity index (χ1) is 2.00. The van der Waals surface area contributed by atoms with Gasteiger partial charge in [0.2, 0.25) is 0 Å². The van der Waals surface area contributed by atoms with Crippen molar-refractivity contribution in [1.82, 2.24) is 0 Å². The van der Waals surface area contributed by atoms with E-state index in [1.807, 2.05) is 0 Å². The van der Waals surface area contributed by atoms with Gasteiger partial charge in [0.25, 0.3) is 0 Å². The van der Waals surface area contributed by atoms with E-state index in [1.54, 1.807) is 0 Å². The zero-order valence-corrected chi connectivity index (χ0v) is 7.26. The van der Waals surface area contributed by atoms with Crippen molar-refractivity contribution < 1.29 is 87.9 Å². The molecular weight excluding hydrogens is 324 g/mol. The molecule has 0 N–H and O–H groups in total. The predicted octanol–water partition coefficient (Wildman–Crippen LogP) is -0.238. The second-order valence-electron chi connectivity index (χ2n) is 0. The third-order valence-corrected chi connectivity index (χ3v) is 0. The SMILES string of the molecule is [O]=[Ce].[O]=[Eu]. The summed E-state index contributed by atoms with van der Waals surface area (Å²) in [5, 5.41) is 0. The van der Waals surface area contributed by atoms with E-state index in [-0.39, 0.29) is 39.8 Å². The summed E-state index contributed by atoms with van der Waals surface area (Å²) in [7, 11) is 0. The molecule has 0 atom stereocenters. The van der Waals surface area contributed by atoms with E-state index in [4.69, 9.17) is 0.915 Å². The number of hydrogen-bond acceptors (Lipinski definition) is 2. The molecule has 0 bridgehead atoms. The van der Waals surface area contributed by atoms with Gasteiger partial charge in [0, 0.05) is 0 Å². The molecule has 0 fully saturated rings. The van der Waals surface area contributed by atoms with Gasteiger partial charge < -0.3 is 0 Å². The van der Waals surface area contributed by atoms with Crippen LogP contribution in [-0.2, 0) is 0.915 Å². The Morgan fingerprint density at radius 1 is 1.25 bits per heavy atom. The summed E-state index contributed by atoms with van der Waals surface area (Å²) < 4.78 is 16.7. The Hall–Kier alpha value is 2.56. The summed E-state index contributed by atoms with van der Waals surface area (Å²) in [5.41, 5.74) is 0. The van der Waals surface area contributed by atoms with Gasteiger partial charge >= 0.3 is 87.9 Å². The van der Waals surface area contributed by atoms with Gasteiger partial charge in [-0.3, -0.25) is 0 Å². The Bertz CT molecular complexity index is 8.00. The molecule has 0 rings (SSSR count). The molecule has 0 aliphatic rings. The first-order valence-electron chi connectivity index (χ1n) is 0.358. The molecule has 4 heteroatoms. The van der Waals surface area contributed by atoms with Crippen LogP contribution in [0.2, 0.25) is 0 Å². The summed E-state index contributed by atoms with van der Waals surface area (Å²) in [6.07, 6.45) is 0. The third kappa shape index (κ3) is 8.82. The van der Waals surface area contributed by atoms with Crippen molar-refractivity contribution in [3.63, 3.8) is 0 Å². The summed E-state index contributed by atoms with van der Waals surface area (Å²) in [4.78, 5) is 0. The predicted molar refractivity (Wildman–Crippen MR) is 1.37 cm³/mol. The maximum atomic E-state index is 8.39. The van der Waals surface area contributed by atoms with E-state index in [9.17, 15) is 0 Å². The second kappa shape index (κ2) is 17.6. The Labute approximate surface area is 85.1 Å². The standard InChI is InChI=1S/Ce.Eu.2O. The number of rotatable bonds is 0.